The van der Waals surface area contributed by atoms with Crippen molar-refractivity contribution in [2.45, 2.75) is 26.9 Å². The van der Waals surface area contributed by atoms with Gasteiger partial charge < -0.3 is 15.4 Å². The molecule has 1 aromatic carbocycles. The fourth-order valence-electron chi connectivity index (χ4n) is 2.78. The highest BCUT2D eigenvalue weighted by molar-refractivity contribution is 5.91. The lowest BCUT2D eigenvalue weighted by atomic mass is 10.1. The first-order valence-electron chi connectivity index (χ1n) is 8.05. The molecule has 8 heteroatoms. The fourth-order valence-corrected chi connectivity index (χ4v) is 2.78. The molecule has 2 amide bonds. The van der Waals surface area contributed by atoms with Crippen molar-refractivity contribution in [3.63, 3.8) is 0 Å². The average molecular weight is 336 g/mol. The number of nitro groups is 1. The SMILES string of the molecule is CCN1CCOC(CNC(=O)Nc2c(C)ccc([N+](=O)[O-])c2C)C1. The first-order valence-corrected chi connectivity index (χ1v) is 8.05. The van der Waals surface area contributed by atoms with Crippen LogP contribution in [0.2, 0.25) is 0 Å². The summed E-state index contributed by atoms with van der Waals surface area (Å²) in [5.41, 5.74) is 1.69. The second-order valence-electron chi connectivity index (χ2n) is 5.88. The van der Waals surface area contributed by atoms with Crippen molar-refractivity contribution in [2.75, 3.05) is 38.1 Å². The van der Waals surface area contributed by atoms with Gasteiger partial charge in [0.15, 0.2) is 0 Å². The molecule has 1 aliphatic heterocycles. The molecule has 0 radical (unpaired) electrons. The Morgan fingerprint density at radius 2 is 2.21 bits per heavy atom. The van der Waals surface area contributed by atoms with Gasteiger partial charge in [-0.2, -0.15) is 0 Å². The van der Waals surface area contributed by atoms with Gasteiger partial charge >= 0.3 is 6.03 Å². The van der Waals surface area contributed by atoms with E-state index in [1.165, 1.54) is 6.07 Å². The predicted octanol–water partition coefficient (Wildman–Crippen LogP) is 2.05. The molecule has 2 rings (SSSR count). The number of likely N-dealkylation sites (N-methyl/N-ethyl adjacent to an activating group) is 1. The van der Waals surface area contributed by atoms with Gasteiger partial charge in [0, 0.05) is 25.7 Å². The van der Waals surface area contributed by atoms with Gasteiger partial charge in [0.2, 0.25) is 0 Å². The van der Waals surface area contributed by atoms with Crippen molar-refractivity contribution in [3.8, 4) is 0 Å². The first-order chi connectivity index (χ1) is 11.4. The summed E-state index contributed by atoms with van der Waals surface area (Å²) in [6.07, 6.45) is -0.0447. The van der Waals surface area contributed by atoms with Crippen LogP contribution in [0.25, 0.3) is 0 Å². The van der Waals surface area contributed by atoms with Gasteiger partial charge in [-0.3, -0.25) is 15.0 Å². The van der Waals surface area contributed by atoms with Crippen LogP contribution < -0.4 is 10.6 Å². The van der Waals surface area contributed by atoms with Gasteiger partial charge in [0.25, 0.3) is 5.69 Å². The molecule has 1 aromatic rings. The number of rotatable bonds is 5. The van der Waals surface area contributed by atoms with Gasteiger partial charge in [-0.15, -0.1) is 0 Å². The Kier molecular flexibility index (Phi) is 6.10. The summed E-state index contributed by atoms with van der Waals surface area (Å²) >= 11 is 0. The molecule has 1 atom stereocenters. The number of nitro benzene ring substituents is 1. The quantitative estimate of drug-likeness (QED) is 0.634. The summed E-state index contributed by atoms with van der Waals surface area (Å²) in [5, 5.41) is 16.5. The summed E-state index contributed by atoms with van der Waals surface area (Å²) in [7, 11) is 0. The number of benzene rings is 1. The molecule has 1 fully saturated rings. The van der Waals surface area contributed by atoms with E-state index in [2.05, 4.69) is 22.5 Å². The van der Waals surface area contributed by atoms with Gasteiger partial charge in [0.05, 0.1) is 28.9 Å². The second kappa shape index (κ2) is 8.07. The van der Waals surface area contributed by atoms with Crippen molar-refractivity contribution < 1.29 is 14.5 Å². The second-order valence-corrected chi connectivity index (χ2v) is 5.88. The Labute approximate surface area is 141 Å². The lowest BCUT2D eigenvalue weighted by Gasteiger charge is -2.32. The lowest BCUT2D eigenvalue weighted by molar-refractivity contribution is -0.385. The number of nitrogens with one attached hydrogen (secondary N) is 2. The molecule has 1 heterocycles. The number of morpholine rings is 1. The van der Waals surface area contributed by atoms with Gasteiger partial charge in [0.1, 0.15) is 0 Å². The van der Waals surface area contributed by atoms with E-state index in [0.29, 0.717) is 24.4 Å². The first kappa shape index (κ1) is 18.2. The minimum Gasteiger partial charge on any atom is -0.374 e. The molecule has 0 spiro atoms. The molecule has 24 heavy (non-hydrogen) atoms. The predicted molar refractivity (Wildman–Crippen MR) is 91.4 cm³/mol. The van der Waals surface area contributed by atoms with Crippen molar-refractivity contribution in [2.24, 2.45) is 0 Å². The number of hydrogen-bond donors (Lipinski definition) is 2. The van der Waals surface area contributed by atoms with E-state index in [9.17, 15) is 14.9 Å². The summed E-state index contributed by atoms with van der Waals surface area (Å²) in [4.78, 5) is 25.0. The normalized spacial score (nSPS) is 18.2. The number of hydrogen-bond acceptors (Lipinski definition) is 5. The van der Waals surface area contributed by atoms with Crippen LogP contribution in [0.3, 0.4) is 0 Å². The minimum atomic E-state index is -0.451. The summed E-state index contributed by atoms with van der Waals surface area (Å²) in [6, 6.07) is 2.69. The number of ether oxygens (including phenoxy) is 1. The molecule has 0 aromatic heterocycles. The Hall–Kier alpha value is -2.19. The third-order valence-electron chi connectivity index (χ3n) is 4.24. The third kappa shape index (κ3) is 4.42. The monoisotopic (exact) mass is 336 g/mol. The summed E-state index contributed by atoms with van der Waals surface area (Å²) in [6.45, 7) is 9.23. The topological polar surface area (TPSA) is 96.7 Å². The summed E-state index contributed by atoms with van der Waals surface area (Å²) in [5.74, 6) is 0. The Balaban J connectivity index is 1.95. The smallest absolute Gasteiger partial charge is 0.319 e. The van der Waals surface area contributed by atoms with Crippen LogP contribution in [0.15, 0.2) is 12.1 Å². The zero-order valence-corrected chi connectivity index (χ0v) is 14.3. The third-order valence-corrected chi connectivity index (χ3v) is 4.24. The van der Waals surface area contributed by atoms with E-state index in [1.54, 1.807) is 19.9 Å². The van der Waals surface area contributed by atoms with Crippen LogP contribution in [0, 0.1) is 24.0 Å². The fraction of sp³-hybridized carbons (Fsp3) is 0.562. The van der Waals surface area contributed by atoms with Crippen molar-refractivity contribution in [1.82, 2.24) is 10.2 Å². The molecule has 0 saturated carbocycles. The maximum Gasteiger partial charge on any atom is 0.319 e. The number of amides is 2. The zero-order valence-electron chi connectivity index (χ0n) is 14.3. The number of nitrogens with zero attached hydrogens (tertiary/aromatic N) is 2. The highest BCUT2D eigenvalue weighted by atomic mass is 16.6. The van der Waals surface area contributed by atoms with Gasteiger partial charge in [-0.1, -0.05) is 13.0 Å². The number of carbonyl (C=O) groups excluding carboxylic acids is 1. The highest BCUT2D eigenvalue weighted by Crippen LogP contribution is 2.28. The van der Waals surface area contributed by atoms with Crippen LogP contribution in [-0.4, -0.2) is 54.7 Å². The average Bonchev–Trinajstić information content (AvgIpc) is 2.56. The molecule has 0 aliphatic carbocycles. The standard InChI is InChI=1S/C16H24N4O4/c1-4-19-7-8-24-13(10-19)9-17-16(21)18-15-11(2)5-6-14(12(15)3)20(22)23/h5-6,13H,4,7-10H2,1-3H3,(H2,17,18,21). The van der Waals surface area contributed by atoms with E-state index in [0.717, 1.165) is 25.2 Å². The number of anilines is 1. The Morgan fingerprint density at radius 3 is 2.88 bits per heavy atom. The Bertz CT molecular complexity index is 620. The van der Waals surface area contributed by atoms with Crippen LogP contribution in [-0.2, 0) is 4.74 Å². The molecular weight excluding hydrogens is 312 g/mol. The highest BCUT2D eigenvalue weighted by Gasteiger charge is 2.21. The maximum atomic E-state index is 12.1. The largest absolute Gasteiger partial charge is 0.374 e. The molecule has 1 aliphatic rings. The summed E-state index contributed by atoms with van der Waals surface area (Å²) < 4.78 is 5.64. The van der Waals surface area contributed by atoms with Crippen LogP contribution in [0.5, 0.6) is 0 Å². The van der Waals surface area contributed by atoms with Crippen molar-refractivity contribution in [1.29, 1.82) is 0 Å². The molecule has 1 unspecified atom stereocenters. The van der Waals surface area contributed by atoms with Crippen LogP contribution in [0.1, 0.15) is 18.1 Å². The van der Waals surface area contributed by atoms with E-state index in [1.807, 2.05) is 0 Å². The van der Waals surface area contributed by atoms with Gasteiger partial charge in [-0.25, -0.2) is 4.79 Å². The van der Waals surface area contributed by atoms with Crippen LogP contribution in [0.4, 0.5) is 16.2 Å². The minimum absolute atomic E-state index is 0.00917. The van der Waals surface area contributed by atoms with E-state index in [4.69, 9.17) is 4.74 Å². The Morgan fingerprint density at radius 1 is 1.46 bits per heavy atom. The maximum absolute atomic E-state index is 12.1. The number of aryl methyl sites for hydroxylation is 1. The molecule has 8 nitrogen and oxygen atoms in total. The van der Waals surface area contributed by atoms with E-state index >= 15 is 0 Å². The lowest BCUT2D eigenvalue weighted by Crippen LogP contribution is -2.48. The van der Waals surface area contributed by atoms with Crippen LogP contribution >= 0.6 is 0 Å². The molecule has 1 saturated heterocycles. The molecule has 2 N–H and O–H groups in total. The van der Waals surface area contributed by atoms with Gasteiger partial charge in [-0.05, 0) is 26.0 Å². The molecular formula is C16H24N4O4. The number of carbonyl (C=O) groups is 1. The molecule has 0 bridgehead atoms. The zero-order chi connectivity index (χ0) is 17.7. The van der Waals surface area contributed by atoms with Crippen molar-refractivity contribution in [3.05, 3.63) is 33.4 Å². The molecule has 132 valence electrons. The number of urea groups is 1. The van der Waals surface area contributed by atoms with E-state index < -0.39 is 4.92 Å². The van der Waals surface area contributed by atoms with E-state index in [-0.39, 0.29) is 17.8 Å². The van der Waals surface area contributed by atoms with Crippen molar-refractivity contribution >= 4 is 17.4 Å².